The summed E-state index contributed by atoms with van der Waals surface area (Å²) in [5.41, 5.74) is 2.81. The quantitative estimate of drug-likeness (QED) is 0.508. The standard InChI is InChI=1S/C21H22ClN3OS/c1-2-9-24-13-17(5-8-21(24)26)25-12-16(11-23-25)19-7-6-18(10-20(19)22)27-14-15-3-4-15/h5-8,10-13,15H,2-4,9,14H2,1H3. The number of halogens is 1. The maximum atomic E-state index is 11.9. The number of nitrogens with zero attached hydrogens (tertiary/aromatic N) is 3. The minimum absolute atomic E-state index is 0.00955. The molecule has 27 heavy (non-hydrogen) atoms. The Bertz CT molecular complexity index is 1010. The second kappa shape index (κ2) is 7.95. The molecule has 0 saturated heterocycles. The van der Waals surface area contributed by atoms with Gasteiger partial charge in [-0.2, -0.15) is 5.10 Å². The van der Waals surface area contributed by atoms with E-state index < -0.39 is 0 Å². The largest absolute Gasteiger partial charge is 0.313 e. The minimum Gasteiger partial charge on any atom is -0.313 e. The first-order valence-electron chi connectivity index (χ1n) is 9.32. The van der Waals surface area contributed by atoms with E-state index in [9.17, 15) is 4.79 Å². The van der Waals surface area contributed by atoms with Gasteiger partial charge in [-0.1, -0.05) is 24.6 Å². The molecule has 0 spiro atoms. The molecule has 4 rings (SSSR count). The molecule has 3 aromatic rings. The van der Waals surface area contributed by atoms with Crippen molar-refractivity contribution in [2.75, 3.05) is 5.75 Å². The third-order valence-corrected chi connectivity index (χ3v) is 6.25. The van der Waals surface area contributed by atoms with Crippen molar-refractivity contribution in [2.45, 2.75) is 37.6 Å². The molecule has 140 valence electrons. The maximum absolute atomic E-state index is 11.9. The Morgan fingerprint density at radius 1 is 1.22 bits per heavy atom. The van der Waals surface area contributed by atoms with Gasteiger partial charge in [0.2, 0.25) is 0 Å². The molecular weight excluding hydrogens is 378 g/mol. The maximum Gasteiger partial charge on any atom is 0.250 e. The number of rotatable bonds is 7. The zero-order chi connectivity index (χ0) is 18.8. The van der Waals surface area contributed by atoms with E-state index in [1.165, 1.54) is 23.5 Å². The summed E-state index contributed by atoms with van der Waals surface area (Å²) in [6, 6.07) is 9.63. The van der Waals surface area contributed by atoms with E-state index in [1.54, 1.807) is 21.4 Å². The Hall–Kier alpha value is -1.98. The van der Waals surface area contributed by atoms with E-state index in [0.29, 0.717) is 6.54 Å². The number of hydrogen-bond donors (Lipinski definition) is 0. The zero-order valence-electron chi connectivity index (χ0n) is 15.3. The van der Waals surface area contributed by atoms with Crippen LogP contribution in [0.4, 0.5) is 0 Å². The Labute approximate surface area is 168 Å². The summed E-state index contributed by atoms with van der Waals surface area (Å²) in [6.45, 7) is 2.76. The van der Waals surface area contributed by atoms with Gasteiger partial charge in [-0.05, 0) is 43.4 Å². The molecule has 1 aromatic carbocycles. The molecule has 4 nitrogen and oxygen atoms in total. The summed E-state index contributed by atoms with van der Waals surface area (Å²) in [5, 5.41) is 5.20. The first-order chi connectivity index (χ1) is 13.1. The monoisotopic (exact) mass is 399 g/mol. The highest BCUT2D eigenvalue weighted by Gasteiger charge is 2.21. The molecule has 0 atom stereocenters. The summed E-state index contributed by atoms with van der Waals surface area (Å²) in [7, 11) is 0. The number of aromatic nitrogens is 3. The van der Waals surface area contributed by atoms with Crippen LogP contribution in [0.5, 0.6) is 0 Å². The van der Waals surface area contributed by atoms with Gasteiger partial charge in [0, 0.05) is 51.8 Å². The van der Waals surface area contributed by atoms with Crippen LogP contribution < -0.4 is 5.56 Å². The van der Waals surface area contributed by atoms with E-state index in [0.717, 1.165) is 34.2 Å². The Balaban J connectivity index is 1.57. The van der Waals surface area contributed by atoms with Crippen molar-refractivity contribution < 1.29 is 0 Å². The van der Waals surface area contributed by atoms with Gasteiger partial charge in [-0.15, -0.1) is 11.8 Å². The summed E-state index contributed by atoms with van der Waals surface area (Å²) in [4.78, 5) is 13.1. The number of thioether (sulfide) groups is 1. The van der Waals surface area contributed by atoms with E-state index in [2.05, 4.69) is 24.2 Å². The lowest BCUT2D eigenvalue weighted by Gasteiger charge is -2.07. The fourth-order valence-corrected chi connectivity index (χ4v) is 4.47. The smallest absolute Gasteiger partial charge is 0.250 e. The summed E-state index contributed by atoms with van der Waals surface area (Å²) in [5.74, 6) is 2.07. The van der Waals surface area contributed by atoms with Crippen molar-refractivity contribution in [1.29, 1.82) is 0 Å². The van der Waals surface area contributed by atoms with Crippen LogP contribution in [-0.4, -0.2) is 20.1 Å². The minimum atomic E-state index is 0.00955. The zero-order valence-corrected chi connectivity index (χ0v) is 16.8. The second-order valence-corrected chi connectivity index (χ2v) is 8.49. The van der Waals surface area contributed by atoms with Crippen LogP contribution in [0.3, 0.4) is 0 Å². The molecule has 0 aliphatic heterocycles. The third kappa shape index (κ3) is 4.30. The fraction of sp³-hybridized carbons (Fsp3) is 0.333. The number of hydrogen-bond acceptors (Lipinski definition) is 3. The molecule has 2 aromatic heterocycles. The molecule has 0 bridgehead atoms. The number of pyridine rings is 1. The van der Waals surface area contributed by atoms with Crippen LogP contribution in [0.15, 0.2) is 58.6 Å². The van der Waals surface area contributed by atoms with Gasteiger partial charge in [0.05, 0.1) is 11.9 Å². The molecule has 1 aliphatic rings. The predicted molar refractivity (Wildman–Crippen MR) is 112 cm³/mol. The van der Waals surface area contributed by atoms with Gasteiger partial charge in [0.25, 0.3) is 5.56 Å². The molecule has 2 heterocycles. The fourth-order valence-electron chi connectivity index (χ4n) is 2.99. The topological polar surface area (TPSA) is 39.8 Å². The SMILES string of the molecule is CCCn1cc(-n2cc(-c3ccc(SCC4CC4)cc3Cl)cn2)ccc1=O. The molecule has 0 unspecified atom stereocenters. The van der Waals surface area contributed by atoms with Crippen LogP contribution in [0, 0.1) is 5.92 Å². The van der Waals surface area contributed by atoms with Crippen molar-refractivity contribution in [3.05, 3.63) is 64.3 Å². The molecule has 6 heteroatoms. The van der Waals surface area contributed by atoms with Crippen molar-refractivity contribution in [3.8, 4) is 16.8 Å². The first-order valence-corrected chi connectivity index (χ1v) is 10.7. The van der Waals surface area contributed by atoms with E-state index in [1.807, 2.05) is 36.4 Å². The van der Waals surface area contributed by atoms with Crippen molar-refractivity contribution in [1.82, 2.24) is 14.3 Å². The summed E-state index contributed by atoms with van der Waals surface area (Å²) >= 11 is 8.42. The van der Waals surface area contributed by atoms with Crippen LogP contribution in [-0.2, 0) is 6.54 Å². The van der Waals surface area contributed by atoms with Crippen LogP contribution in [0.2, 0.25) is 5.02 Å². The highest BCUT2D eigenvalue weighted by atomic mass is 35.5. The van der Waals surface area contributed by atoms with Gasteiger partial charge < -0.3 is 4.57 Å². The van der Waals surface area contributed by atoms with E-state index in [4.69, 9.17) is 11.6 Å². The average molecular weight is 400 g/mol. The molecule has 1 fully saturated rings. The summed E-state index contributed by atoms with van der Waals surface area (Å²) < 4.78 is 3.50. The van der Waals surface area contributed by atoms with Crippen molar-refractivity contribution >= 4 is 23.4 Å². The lowest BCUT2D eigenvalue weighted by Crippen LogP contribution is -2.19. The van der Waals surface area contributed by atoms with Crippen molar-refractivity contribution in [3.63, 3.8) is 0 Å². The van der Waals surface area contributed by atoms with Gasteiger partial charge in [-0.25, -0.2) is 4.68 Å². The number of benzene rings is 1. The Morgan fingerprint density at radius 3 is 2.81 bits per heavy atom. The molecule has 0 radical (unpaired) electrons. The summed E-state index contributed by atoms with van der Waals surface area (Å²) in [6.07, 6.45) is 9.26. The average Bonchev–Trinajstić information content (AvgIpc) is 3.37. The predicted octanol–water partition coefficient (Wildman–Crippen LogP) is 5.27. The van der Waals surface area contributed by atoms with Crippen LogP contribution in [0.25, 0.3) is 16.8 Å². The Kier molecular flexibility index (Phi) is 5.41. The van der Waals surface area contributed by atoms with Crippen LogP contribution >= 0.6 is 23.4 Å². The van der Waals surface area contributed by atoms with Gasteiger partial charge in [0.1, 0.15) is 0 Å². The third-order valence-electron chi connectivity index (χ3n) is 4.71. The number of aryl methyl sites for hydroxylation is 1. The lowest BCUT2D eigenvalue weighted by molar-refractivity contribution is 0.648. The van der Waals surface area contributed by atoms with Crippen molar-refractivity contribution in [2.24, 2.45) is 5.92 Å². The van der Waals surface area contributed by atoms with E-state index in [-0.39, 0.29) is 5.56 Å². The first kappa shape index (κ1) is 18.4. The van der Waals surface area contributed by atoms with Crippen LogP contribution in [0.1, 0.15) is 26.2 Å². The van der Waals surface area contributed by atoms with Gasteiger partial charge in [0.15, 0.2) is 0 Å². The molecule has 0 amide bonds. The molecule has 1 saturated carbocycles. The lowest BCUT2D eigenvalue weighted by atomic mass is 10.1. The Morgan fingerprint density at radius 2 is 2.07 bits per heavy atom. The molecular formula is C21H22ClN3OS. The van der Waals surface area contributed by atoms with Gasteiger partial charge >= 0.3 is 0 Å². The highest BCUT2D eigenvalue weighted by molar-refractivity contribution is 7.99. The molecule has 1 aliphatic carbocycles. The van der Waals surface area contributed by atoms with Gasteiger partial charge in [-0.3, -0.25) is 4.79 Å². The normalized spacial score (nSPS) is 13.9. The molecule has 0 N–H and O–H groups in total. The highest BCUT2D eigenvalue weighted by Crippen LogP contribution is 2.37. The van der Waals surface area contributed by atoms with E-state index >= 15 is 0 Å². The second-order valence-electron chi connectivity index (χ2n) is 6.99.